The maximum atomic E-state index is 12.1. The first kappa shape index (κ1) is 27.1. The fraction of sp³-hybridized carbons (Fsp3) is 0.765. The Kier molecular flexibility index (Phi) is 10.0. The third-order valence-corrected chi connectivity index (χ3v) is 8.09. The lowest BCUT2D eigenvalue weighted by molar-refractivity contribution is -0.0540. The van der Waals surface area contributed by atoms with Gasteiger partial charge in [0.1, 0.15) is 24.1 Å². The smallest absolute Gasteiger partial charge is 0.387 e. The molecule has 1 aliphatic heterocycles. The van der Waals surface area contributed by atoms with Crippen molar-refractivity contribution < 1.29 is 42.7 Å². The molecule has 1 saturated heterocycles. The summed E-state index contributed by atoms with van der Waals surface area (Å²) in [6.07, 6.45) is 0.107. The number of hydrogen-bond donors (Lipinski definition) is 5. The van der Waals surface area contributed by atoms with Crippen LogP contribution in [0.15, 0.2) is 17.1 Å². The van der Waals surface area contributed by atoms with E-state index in [2.05, 4.69) is 16.2 Å². The number of aliphatic hydroxyl groups excluding tert-OH is 2. The van der Waals surface area contributed by atoms with Crippen LogP contribution in [-0.2, 0) is 22.7 Å². The van der Waals surface area contributed by atoms with Crippen molar-refractivity contribution in [2.24, 2.45) is 0 Å². The predicted molar refractivity (Wildman–Crippen MR) is 114 cm³/mol. The molecule has 0 aromatic carbocycles. The molecule has 6 atom stereocenters. The van der Waals surface area contributed by atoms with E-state index < -0.39 is 52.3 Å². The minimum absolute atomic E-state index is 0.0491. The van der Waals surface area contributed by atoms with Crippen LogP contribution in [0.5, 0.6) is 0 Å². The number of phosphoric acid groups is 1. The monoisotopic (exact) mass is 499 g/mol. The highest BCUT2D eigenvalue weighted by Crippen LogP contribution is 2.60. The topological polar surface area (TPSA) is 204 Å². The number of nitrogen functional groups attached to an aromatic ring is 1. The molecule has 0 spiro atoms. The minimum atomic E-state index is -4.97. The van der Waals surface area contributed by atoms with Crippen LogP contribution >= 0.6 is 15.4 Å². The van der Waals surface area contributed by atoms with Crippen molar-refractivity contribution in [3.63, 3.8) is 0 Å². The van der Waals surface area contributed by atoms with Crippen molar-refractivity contribution in [2.75, 3.05) is 18.5 Å². The van der Waals surface area contributed by atoms with Crippen LogP contribution in [0.2, 0.25) is 0 Å². The average Bonchev–Trinajstić information content (AvgIpc) is 2.97. The molecule has 0 radical (unpaired) electrons. The van der Waals surface area contributed by atoms with Gasteiger partial charge in [-0.15, -0.1) is 0 Å². The highest BCUT2D eigenvalue weighted by Gasteiger charge is 2.45. The number of unbranched alkanes of at least 4 members (excludes halogenated alkanes) is 5. The van der Waals surface area contributed by atoms with Crippen molar-refractivity contribution >= 4 is 21.2 Å². The van der Waals surface area contributed by atoms with Gasteiger partial charge in [-0.1, -0.05) is 39.0 Å². The summed E-state index contributed by atoms with van der Waals surface area (Å²) in [5.74, 6) is -0.0491. The average molecular weight is 499 g/mol. The van der Waals surface area contributed by atoms with Crippen molar-refractivity contribution in [3.05, 3.63) is 22.7 Å². The largest absolute Gasteiger partial charge is 0.479 e. The second-order valence-electron chi connectivity index (χ2n) is 7.56. The van der Waals surface area contributed by atoms with Crippen LogP contribution < -0.4 is 11.4 Å². The fourth-order valence-corrected chi connectivity index (χ4v) is 5.96. The molecule has 32 heavy (non-hydrogen) atoms. The zero-order valence-electron chi connectivity index (χ0n) is 17.7. The van der Waals surface area contributed by atoms with E-state index in [1.54, 1.807) is 0 Å². The van der Waals surface area contributed by atoms with E-state index in [9.17, 15) is 33.9 Å². The van der Waals surface area contributed by atoms with Gasteiger partial charge in [-0.3, -0.25) is 13.7 Å². The van der Waals surface area contributed by atoms with E-state index in [-0.39, 0.29) is 12.0 Å². The van der Waals surface area contributed by atoms with Crippen LogP contribution in [0.3, 0.4) is 0 Å². The number of hydrogen-bond acceptors (Lipinski definition) is 10. The summed E-state index contributed by atoms with van der Waals surface area (Å²) in [4.78, 5) is 35.0. The molecular weight excluding hydrogens is 468 g/mol. The second kappa shape index (κ2) is 11.8. The Morgan fingerprint density at radius 3 is 2.47 bits per heavy atom. The van der Waals surface area contributed by atoms with E-state index >= 15 is 0 Å². The summed E-state index contributed by atoms with van der Waals surface area (Å²) in [6, 6.07) is 1.28. The number of nitrogens with zero attached hydrogens (tertiary/aromatic N) is 2. The molecule has 184 valence electrons. The summed E-state index contributed by atoms with van der Waals surface area (Å²) in [5.41, 5.74) is 4.57. The van der Waals surface area contributed by atoms with E-state index in [0.29, 0.717) is 12.8 Å². The molecule has 6 N–H and O–H groups in total. The maximum Gasteiger partial charge on any atom is 0.479 e. The van der Waals surface area contributed by atoms with E-state index in [0.717, 1.165) is 30.3 Å². The quantitative estimate of drug-likeness (QED) is 0.191. The second-order valence-corrected chi connectivity index (χ2v) is 11.1. The van der Waals surface area contributed by atoms with Crippen LogP contribution in [-0.4, -0.2) is 60.6 Å². The van der Waals surface area contributed by atoms with Crippen LogP contribution in [0.4, 0.5) is 5.82 Å². The molecule has 15 heteroatoms. The molecule has 2 rings (SSSR count). The highest BCUT2D eigenvalue weighted by molar-refractivity contribution is 7.64. The van der Waals surface area contributed by atoms with Crippen LogP contribution in [0, 0.1) is 0 Å². The Labute approximate surface area is 185 Å². The summed E-state index contributed by atoms with van der Waals surface area (Å²) >= 11 is 0. The lowest BCUT2D eigenvalue weighted by Crippen LogP contribution is -2.36. The fourth-order valence-electron chi connectivity index (χ4n) is 3.20. The molecule has 13 nitrogen and oxygen atoms in total. The Morgan fingerprint density at radius 2 is 1.81 bits per heavy atom. The summed E-state index contributed by atoms with van der Waals surface area (Å²) < 4.78 is 39.6. The lowest BCUT2D eigenvalue weighted by atomic mass is 10.1. The zero-order valence-corrected chi connectivity index (χ0v) is 19.5. The van der Waals surface area contributed by atoms with Crippen molar-refractivity contribution in [3.8, 4) is 0 Å². The number of anilines is 1. The number of ether oxygens (including phenoxy) is 1. The van der Waals surface area contributed by atoms with Gasteiger partial charge in [0.05, 0.1) is 12.8 Å². The molecule has 2 unspecified atom stereocenters. The van der Waals surface area contributed by atoms with Gasteiger partial charge < -0.3 is 30.5 Å². The first-order valence-electron chi connectivity index (χ1n) is 10.3. The molecule has 2 heterocycles. The minimum Gasteiger partial charge on any atom is -0.387 e. The SMILES string of the molecule is CCCCCCCCP(=O)(O)OP(=O)(O)OC[C@H]1O[C@@H](n2ccc(N)nc2=O)[C@H](O)[C@@H]1O. The van der Waals surface area contributed by atoms with E-state index in [1.807, 2.05) is 0 Å². The zero-order chi connectivity index (χ0) is 23.9. The Morgan fingerprint density at radius 1 is 1.16 bits per heavy atom. The van der Waals surface area contributed by atoms with Gasteiger partial charge in [-0.05, 0) is 12.5 Å². The Hall–Kier alpha value is -1.14. The number of phosphoric ester groups is 1. The summed E-state index contributed by atoms with van der Waals surface area (Å²) in [6.45, 7) is 1.32. The first-order valence-corrected chi connectivity index (χ1v) is 13.6. The third-order valence-electron chi connectivity index (χ3n) is 4.89. The molecule has 1 aromatic heterocycles. The summed E-state index contributed by atoms with van der Waals surface area (Å²) in [7, 11) is -9.36. The van der Waals surface area contributed by atoms with Gasteiger partial charge in [0.25, 0.3) is 0 Å². The number of nitrogens with two attached hydrogens (primary N) is 1. The Bertz CT molecular complexity index is 898. The van der Waals surface area contributed by atoms with Crippen LogP contribution in [0.25, 0.3) is 0 Å². The lowest BCUT2D eigenvalue weighted by Gasteiger charge is -2.19. The third kappa shape index (κ3) is 8.02. The van der Waals surface area contributed by atoms with Gasteiger partial charge in [0.15, 0.2) is 6.23 Å². The molecule has 0 saturated carbocycles. The summed E-state index contributed by atoms with van der Waals surface area (Å²) in [5, 5.41) is 20.3. The number of aliphatic hydroxyl groups is 2. The molecular formula is C17H31N3O10P2. The molecule has 0 amide bonds. The van der Waals surface area contributed by atoms with Gasteiger partial charge in [-0.2, -0.15) is 4.98 Å². The van der Waals surface area contributed by atoms with Gasteiger partial charge in [-0.25, -0.2) is 13.7 Å². The first-order chi connectivity index (χ1) is 15.0. The van der Waals surface area contributed by atoms with Crippen molar-refractivity contribution in [1.29, 1.82) is 0 Å². The van der Waals surface area contributed by atoms with Crippen LogP contribution in [0.1, 0.15) is 51.7 Å². The van der Waals surface area contributed by atoms with Gasteiger partial charge in [0.2, 0.25) is 0 Å². The molecule has 1 aromatic rings. The standard InChI is InChI=1S/C17H31N3O10P2/c1-2-3-4-5-6-7-10-31(24,25)30-32(26,27)28-11-12-14(21)15(22)16(29-12)20-9-8-13(18)19-17(20)23/h8-9,12,14-16,21-22H,2-7,10-11H2,1H3,(H,24,25)(H,26,27)(H2,18,19,23)/t12-,14-,15-,16-/m1/s1. The van der Waals surface area contributed by atoms with Gasteiger partial charge >= 0.3 is 21.1 Å². The molecule has 0 bridgehead atoms. The van der Waals surface area contributed by atoms with Gasteiger partial charge in [0, 0.05) is 6.20 Å². The molecule has 0 aliphatic carbocycles. The van der Waals surface area contributed by atoms with Crippen molar-refractivity contribution in [2.45, 2.75) is 70.0 Å². The molecule has 1 aliphatic rings. The molecule has 1 fully saturated rings. The van der Waals surface area contributed by atoms with Crippen molar-refractivity contribution in [1.82, 2.24) is 9.55 Å². The van der Waals surface area contributed by atoms with E-state index in [1.165, 1.54) is 12.3 Å². The Balaban J connectivity index is 1.87. The van der Waals surface area contributed by atoms with E-state index in [4.69, 9.17) is 15.0 Å². The normalized spacial score (nSPS) is 27.2. The number of rotatable bonds is 13. The highest BCUT2D eigenvalue weighted by atomic mass is 31.3. The predicted octanol–water partition coefficient (Wildman–Crippen LogP) is 1.12. The number of aromatic nitrogens is 2. The maximum absolute atomic E-state index is 12.1.